The summed E-state index contributed by atoms with van der Waals surface area (Å²) in [5.41, 5.74) is 1.33. The van der Waals surface area contributed by atoms with Crippen LogP contribution in [0.2, 0.25) is 0 Å². The Labute approximate surface area is 111 Å². The minimum Gasteiger partial charge on any atom is -0.497 e. The molecule has 0 saturated heterocycles. The van der Waals surface area contributed by atoms with E-state index >= 15 is 0 Å². The molecular weight excluding hydrogens is 232 g/mol. The smallest absolute Gasteiger partial charge is 0.120 e. The summed E-state index contributed by atoms with van der Waals surface area (Å²) in [4.78, 5) is 0. The maximum Gasteiger partial charge on any atom is 0.120 e. The first-order valence-corrected chi connectivity index (χ1v) is 6.50. The van der Waals surface area contributed by atoms with Crippen LogP contribution >= 0.6 is 0 Å². The van der Waals surface area contributed by atoms with Crippen LogP contribution in [0.3, 0.4) is 0 Å². The Bertz CT molecular complexity index is 887. The maximum absolute atomic E-state index is 5.39. The molecule has 0 fully saturated rings. The summed E-state index contributed by atoms with van der Waals surface area (Å²) in [7, 11) is 1.72. The standard InChI is InChI=1S/C18H14O/c1-11-3-4-12-5-6-13-9-15(19-2)10-14-7-8-16(11)18(12)17(13)14/h3-10H,1-2H3. The van der Waals surface area contributed by atoms with Crippen molar-refractivity contribution in [2.45, 2.75) is 6.92 Å². The number of hydrogen-bond donors (Lipinski definition) is 0. The van der Waals surface area contributed by atoms with Gasteiger partial charge in [0.25, 0.3) is 0 Å². The molecule has 1 nitrogen and oxygen atoms in total. The van der Waals surface area contributed by atoms with Crippen LogP contribution in [-0.2, 0) is 0 Å². The average Bonchev–Trinajstić information content (AvgIpc) is 2.46. The van der Waals surface area contributed by atoms with Crippen LogP contribution in [0.25, 0.3) is 32.3 Å². The van der Waals surface area contributed by atoms with Crippen LogP contribution in [0, 0.1) is 6.92 Å². The van der Waals surface area contributed by atoms with Gasteiger partial charge in [0.2, 0.25) is 0 Å². The molecule has 0 aliphatic rings. The van der Waals surface area contributed by atoms with Gasteiger partial charge in [-0.05, 0) is 56.9 Å². The zero-order valence-corrected chi connectivity index (χ0v) is 11.0. The highest BCUT2D eigenvalue weighted by Gasteiger charge is 2.10. The summed E-state index contributed by atoms with van der Waals surface area (Å²) in [6, 6.07) is 17.4. The van der Waals surface area contributed by atoms with Crippen molar-refractivity contribution in [1.82, 2.24) is 0 Å². The molecule has 0 aliphatic carbocycles. The van der Waals surface area contributed by atoms with Crippen molar-refractivity contribution in [3.05, 3.63) is 54.1 Å². The van der Waals surface area contributed by atoms with Crippen molar-refractivity contribution in [3.8, 4) is 5.75 Å². The van der Waals surface area contributed by atoms with Gasteiger partial charge in [0.05, 0.1) is 7.11 Å². The molecule has 0 bridgehead atoms. The zero-order valence-electron chi connectivity index (χ0n) is 11.0. The second kappa shape index (κ2) is 3.61. The Kier molecular flexibility index (Phi) is 2.02. The molecule has 92 valence electrons. The van der Waals surface area contributed by atoms with Crippen molar-refractivity contribution in [2.75, 3.05) is 7.11 Å². The van der Waals surface area contributed by atoms with Gasteiger partial charge in [0.15, 0.2) is 0 Å². The summed E-state index contributed by atoms with van der Waals surface area (Å²) < 4.78 is 5.39. The van der Waals surface area contributed by atoms with Gasteiger partial charge < -0.3 is 4.74 Å². The topological polar surface area (TPSA) is 9.23 Å². The first-order chi connectivity index (χ1) is 9.28. The van der Waals surface area contributed by atoms with Gasteiger partial charge in [0.1, 0.15) is 5.75 Å². The van der Waals surface area contributed by atoms with Gasteiger partial charge in [-0.3, -0.25) is 0 Å². The number of methoxy groups -OCH3 is 1. The highest BCUT2D eigenvalue weighted by molar-refractivity contribution is 6.23. The lowest BCUT2D eigenvalue weighted by molar-refractivity contribution is 0.416. The van der Waals surface area contributed by atoms with Crippen LogP contribution in [0.15, 0.2) is 48.5 Å². The fourth-order valence-electron chi connectivity index (χ4n) is 3.05. The fourth-order valence-corrected chi connectivity index (χ4v) is 3.05. The number of benzene rings is 4. The SMILES string of the molecule is COc1cc2ccc3ccc(C)c4ccc(c1)c2c34. The Hall–Kier alpha value is -2.28. The van der Waals surface area contributed by atoms with E-state index in [1.54, 1.807) is 7.11 Å². The molecule has 0 N–H and O–H groups in total. The molecule has 0 atom stereocenters. The number of aryl methyl sites for hydroxylation is 1. The largest absolute Gasteiger partial charge is 0.497 e. The third-order valence-corrected chi connectivity index (χ3v) is 4.03. The molecule has 0 unspecified atom stereocenters. The minimum atomic E-state index is 0.919. The molecule has 0 aromatic heterocycles. The summed E-state index contributed by atoms with van der Waals surface area (Å²) in [6.07, 6.45) is 0. The fraction of sp³-hybridized carbons (Fsp3) is 0.111. The minimum absolute atomic E-state index is 0.919. The Balaban J connectivity index is 2.34. The maximum atomic E-state index is 5.39. The van der Waals surface area contributed by atoms with E-state index in [-0.39, 0.29) is 0 Å². The molecule has 0 amide bonds. The molecule has 0 heterocycles. The van der Waals surface area contributed by atoms with Crippen LogP contribution in [0.1, 0.15) is 5.56 Å². The van der Waals surface area contributed by atoms with Crippen LogP contribution in [0.4, 0.5) is 0 Å². The predicted octanol–water partition coefficient (Wildman–Crippen LogP) is 4.90. The zero-order chi connectivity index (χ0) is 13.0. The van der Waals surface area contributed by atoms with Crippen LogP contribution in [-0.4, -0.2) is 7.11 Å². The normalized spacial score (nSPS) is 11.7. The van der Waals surface area contributed by atoms with E-state index in [0.717, 1.165) is 5.75 Å². The number of rotatable bonds is 1. The van der Waals surface area contributed by atoms with E-state index in [0.29, 0.717) is 0 Å². The van der Waals surface area contributed by atoms with E-state index in [2.05, 4.69) is 55.5 Å². The van der Waals surface area contributed by atoms with Crippen molar-refractivity contribution < 1.29 is 4.74 Å². The summed E-state index contributed by atoms with van der Waals surface area (Å²) in [5.74, 6) is 0.919. The quantitative estimate of drug-likeness (QED) is 0.434. The second-order valence-electron chi connectivity index (χ2n) is 5.11. The highest BCUT2D eigenvalue weighted by atomic mass is 16.5. The van der Waals surface area contributed by atoms with Crippen molar-refractivity contribution in [1.29, 1.82) is 0 Å². The van der Waals surface area contributed by atoms with Crippen LogP contribution < -0.4 is 4.74 Å². The molecule has 0 saturated carbocycles. The highest BCUT2D eigenvalue weighted by Crippen LogP contribution is 2.37. The Morgan fingerprint density at radius 3 is 2.11 bits per heavy atom. The molecular formula is C18H14O. The van der Waals surface area contributed by atoms with Crippen molar-refractivity contribution in [2.24, 2.45) is 0 Å². The first-order valence-electron chi connectivity index (χ1n) is 6.50. The van der Waals surface area contributed by atoms with Gasteiger partial charge in [-0.1, -0.05) is 36.4 Å². The second-order valence-corrected chi connectivity index (χ2v) is 5.11. The van der Waals surface area contributed by atoms with Gasteiger partial charge in [0, 0.05) is 0 Å². The van der Waals surface area contributed by atoms with E-state index in [9.17, 15) is 0 Å². The van der Waals surface area contributed by atoms with Gasteiger partial charge in [-0.2, -0.15) is 0 Å². The monoisotopic (exact) mass is 246 g/mol. The molecule has 19 heavy (non-hydrogen) atoms. The summed E-state index contributed by atoms with van der Waals surface area (Å²) >= 11 is 0. The predicted molar refractivity (Wildman–Crippen MR) is 81.4 cm³/mol. The third-order valence-electron chi connectivity index (χ3n) is 4.03. The van der Waals surface area contributed by atoms with E-state index in [4.69, 9.17) is 4.74 Å². The van der Waals surface area contributed by atoms with E-state index in [1.165, 1.54) is 37.9 Å². The molecule has 0 radical (unpaired) electrons. The van der Waals surface area contributed by atoms with Gasteiger partial charge >= 0.3 is 0 Å². The van der Waals surface area contributed by atoms with Crippen molar-refractivity contribution in [3.63, 3.8) is 0 Å². The molecule has 4 rings (SSSR count). The average molecular weight is 246 g/mol. The number of hydrogen-bond acceptors (Lipinski definition) is 1. The molecule has 0 aliphatic heterocycles. The Morgan fingerprint density at radius 2 is 1.37 bits per heavy atom. The van der Waals surface area contributed by atoms with E-state index in [1.807, 2.05) is 0 Å². The molecule has 0 spiro atoms. The number of ether oxygens (including phenoxy) is 1. The first kappa shape index (κ1) is 10.6. The molecule has 4 aromatic carbocycles. The lowest BCUT2D eigenvalue weighted by Crippen LogP contribution is -1.88. The van der Waals surface area contributed by atoms with Gasteiger partial charge in [-0.15, -0.1) is 0 Å². The van der Waals surface area contributed by atoms with Gasteiger partial charge in [-0.25, -0.2) is 0 Å². The third kappa shape index (κ3) is 1.36. The Morgan fingerprint density at radius 1 is 0.737 bits per heavy atom. The summed E-state index contributed by atoms with van der Waals surface area (Å²) in [6.45, 7) is 2.17. The lowest BCUT2D eigenvalue weighted by Gasteiger charge is -2.13. The molecule has 1 heteroatoms. The summed E-state index contributed by atoms with van der Waals surface area (Å²) in [5, 5.41) is 7.87. The van der Waals surface area contributed by atoms with Crippen molar-refractivity contribution >= 4 is 32.3 Å². The van der Waals surface area contributed by atoms with E-state index < -0.39 is 0 Å². The lowest BCUT2D eigenvalue weighted by atomic mass is 9.92. The van der Waals surface area contributed by atoms with Crippen LogP contribution in [0.5, 0.6) is 5.75 Å². The molecule has 4 aromatic rings.